The molecule has 0 aromatic heterocycles. The van der Waals surface area contributed by atoms with Crippen molar-refractivity contribution in [3.05, 3.63) is 0 Å². The van der Waals surface area contributed by atoms with Crippen LogP contribution in [0.1, 0.15) is 71.6 Å². The summed E-state index contributed by atoms with van der Waals surface area (Å²) in [5.74, 6) is 4.04. The summed E-state index contributed by atoms with van der Waals surface area (Å²) in [4.78, 5) is 0. The van der Waals surface area contributed by atoms with Gasteiger partial charge in [0.2, 0.25) is 0 Å². The average molecular weight is 252 g/mol. The molecule has 0 saturated heterocycles. The zero-order valence-electron chi connectivity index (χ0n) is 12.7. The fourth-order valence-electron chi connectivity index (χ4n) is 4.65. The van der Waals surface area contributed by atoms with Gasteiger partial charge in [0, 0.05) is 7.11 Å². The van der Waals surface area contributed by atoms with Gasteiger partial charge in [0.1, 0.15) is 0 Å². The molecule has 1 nitrogen and oxygen atoms in total. The maximum Gasteiger partial charge on any atom is 0.0571 e. The molecule has 2 saturated carbocycles. The highest BCUT2D eigenvalue weighted by molar-refractivity contribution is 4.85. The quantitative estimate of drug-likeness (QED) is 0.680. The summed E-state index contributed by atoms with van der Waals surface area (Å²) in [5, 5.41) is 0. The zero-order chi connectivity index (χ0) is 13.0. The van der Waals surface area contributed by atoms with E-state index < -0.39 is 0 Å². The lowest BCUT2D eigenvalue weighted by atomic mass is 9.65. The van der Waals surface area contributed by atoms with Gasteiger partial charge in [-0.3, -0.25) is 0 Å². The van der Waals surface area contributed by atoms with E-state index in [4.69, 9.17) is 4.74 Å². The van der Waals surface area contributed by atoms with Crippen LogP contribution in [0.5, 0.6) is 0 Å². The van der Waals surface area contributed by atoms with Gasteiger partial charge in [0.15, 0.2) is 0 Å². The topological polar surface area (TPSA) is 9.23 Å². The number of methoxy groups -OCH3 is 1. The van der Waals surface area contributed by atoms with Crippen LogP contribution < -0.4 is 0 Å². The molecular formula is C17H32O. The molecule has 0 heterocycles. The third-order valence-electron chi connectivity index (χ3n) is 5.70. The van der Waals surface area contributed by atoms with Gasteiger partial charge in [-0.1, -0.05) is 33.1 Å². The highest BCUT2D eigenvalue weighted by Gasteiger charge is 2.34. The highest BCUT2D eigenvalue weighted by Crippen LogP contribution is 2.44. The Balaban J connectivity index is 1.80. The predicted octanol–water partition coefficient (Wildman–Crippen LogP) is 5.04. The molecule has 2 fully saturated rings. The lowest BCUT2D eigenvalue weighted by molar-refractivity contribution is 0.0275. The SMILES string of the molecule is CCC[C@H]1CCC(C2CCC(OC)CC2)[C@H](C)C1. The summed E-state index contributed by atoms with van der Waals surface area (Å²) in [6.45, 7) is 4.86. The predicted molar refractivity (Wildman–Crippen MR) is 77.7 cm³/mol. The summed E-state index contributed by atoms with van der Waals surface area (Å²) in [5.41, 5.74) is 0. The molecule has 1 unspecified atom stereocenters. The number of ether oxygens (including phenoxy) is 1. The smallest absolute Gasteiger partial charge is 0.0571 e. The van der Waals surface area contributed by atoms with Gasteiger partial charge in [0.05, 0.1) is 6.10 Å². The van der Waals surface area contributed by atoms with E-state index in [0.717, 1.165) is 23.7 Å². The van der Waals surface area contributed by atoms with Crippen LogP contribution in [0, 0.1) is 23.7 Å². The summed E-state index contributed by atoms with van der Waals surface area (Å²) in [6.07, 6.45) is 13.4. The largest absolute Gasteiger partial charge is 0.381 e. The molecule has 0 N–H and O–H groups in total. The maximum absolute atomic E-state index is 5.50. The van der Waals surface area contributed by atoms with Crippen molar-refractivity contribution < 1.29 is 4.74 Å². The summed E-state index contributed by atoms with van der Waals surface area (Å²) in [7, 11) is 1.88. The molecule has 2 rings (SSSR count). The van der Waals surface area contributed by atoms with Crippen LogP contribution in [-0.2, 0) is 4.74 Å². The van der Waals surface area contributed by atoms with E-state index >= 15 is 0 Å². The molecule has 3 atom stereocenters. The Kier molecular flexibility index (Phi) is 5.54. The Morgan fingerprint density at radius 2 is 1.72 bits per heavy atom. The van der Waals surface area contributed by atoms with Crippen LogP contribution in [0.25, 0.3) is 0 Å². The summed E-state index contributed by atoms with van der Waals surface area (Å²) >= 11 is 0. The van der Waals surface area contributed by atoms with Gasteiger partial charge in [-0.05, 0) is 62.2 Å². The van der Waals surface area contributed by atoms with Crippen molar-refractivity contribution in [3.63, 3.8) is 0 Å². The lowest BCUT2D eigenvalue weighted by Crippen LogP contribution is -2.32. The van der Waals surface area contributed by atoms with Crippen LogP contribution >= 0.6 is 0 Å². The number of hydrogen-bond donors (Lipinski definition) is 0. The van der Waals surface area contributed by atoms with E-state index in [1.807, 2.05) is 7.11 Å². The first kappa shape index (κ1) is 14.4. The first-order chi connectivity index (χ1) is 8.74. The standard InChI is InChI=1S/C17H32O/c1-4-5-14-6-11-17(13(2)12-14)15-7-9-16(18-3)10-8-15/h13-17H,4-12H2,1-3H3/t13-,14+,15?,16?,17?/m1/s1. The van der Waals surface area contributed by atoms with E-state index in [-0.39, 0.29) is 0 Å². The molecule has 2 aliphatic rings. The molecule has 0 radical (unpaired) electrons. The number of rotatable bonds is 4. The van der Waals surface area contributed by atoms with Gasteiger partial charge >= 0.3 is 0 Å². The monoisotopic (exact) mass is 252 g/mol. The molecule has 18 heavy (non-hydrogen) atoms. The molecular weight excluding hydrogens is 220 g/mol. The molecule has 0 aromatic carbocycles. The third kappa shape index (κ3) is 3.50. The highest BCUT2D eigenvalue weighted by atomic mass is 16.5. The lowest BCUT2D eigenvalue weighted by Gasteiger charge is -2.41. The van der Waals surface area contributed by atoms with Crippen molar-refractivity contribution in [1.29, 1.82) is 0 Å². The van der Waals surface area contributed by atoms with Crippen molar-refractivity contribution in [2.75, 3.05) is 7.11 Å². The summed E-state index contributed by atoms with van der Waals surface area (Å²) < 4.78 is 5.50. The average Bonchev–Trinajstić information content (AvgIpc) is 2.40. The minimum atomic E-state index is 0.563. The van der Waals surface area contributed by atoms with Gasteiger partial charge < -0.3 is 4.74 Å². The second-order valence-corrected chi connectivity index (χ2v) is 6.88. The van der Waals surface area contributed by atoms with Crippen LogP contribution in [0.15, 0.2) is 0 Å². The van der Waals surface area contributed by atoms with Gasteiger partial charge in [-0.15, -0.1) is 0 Å². The Morgan fingerprint density at radius 1 is 1.00 bits per heavy atom. The third-order valence-corrected chi connectivity index (χ3v) is 5.70. The van der Waals surface area contributed by atoms with Crippen molar-refractivity contribution in [1.82, 2.24) is 0 Å². The van der Waals surface area contributed by atoms with E-state index in [2.05, 4.69) is 13.8 Å². The minimum absolute atomic E-state index is 0.563. The van der Waals surface area contributed by atoms with Crippen LogP contribution in [-0.4, -0.2) is 13.2 Å². The molecule has 2 aliphatic carbocycles. The summed E-state index contributed by atoms with van der Waals surface area (Å²) in [6, 6.07) is 0. The zero-order valence-corrected chi connectivity index (χ0v) is 12.7. The second kappa shape index (κ2) is 6.93. The van der Waals surface area contributed by atoms with E-state index in [0.29, 0.717) is 6.10 Å². The molecule has 0 amide bonds. The first-order valence-corrected chi connectivity index (χ1v) is 8.27. The Labute approximate surface area is 114 Å². The minimum Gasteiger partial charge on any atom is -0.381 e. The molecule has 106 valence electrons. The van der Waals surface area contributed by atoms with E-state index in [1.165, 1.54) is 57.8 Å². The second-order valence-electron chi connectivity index (χ2n) is 6.88. The molecule has 0 bridgehead atoms. The first-order valence-electron chi connectivity index (χ1n) is 8.27. The number of hydrogen-bond acceptors (Lipinski definition) is 1. The Morgan fingerprint density at radius 3 is 2.28 bits per heavy atom. The van der Waals surface area contributed by atoms with Crippen LogP contribution in [0.4, 0.5) is 0 Å². The van der Waals surface area contributed by atoms with Crippen molar-refractivity contribution in [2.24, 2.45) is 23.7 Å². The van der Waals surface area contributed by atoms with Crippen LogP contribution in [0.3, 0.4) is 0 Å². The van der Waals surface area contributed by atoms with Crippen molar-refractivity contribution >= 4 is 0 Å². The fraction of sp³-hybridized carbons (Fsp3) is 1.00. The van der Waals surface area contributed by atoms with E-state index in [1.54, 1.807) is 0 Å². The van der Waals surface area contributed by atoms with Crippen molar-refractivity contribution in [3.8, 4) is 0 Å². The molecule has 0 spiro atoms. The van der Waals surface area contributed by atoms with Gasteiger partial charge in [-0.2, -0.15) is 0 Å². The fourth-order valence-corrected chi connectivity index (χ4v) is 4.65. The normalized spacial score (nSPS) is 41.8. The van der Waals surface area contributed by atoms with Gasteiger partial charge in [0.25, 0.3) is 0 Å². The van der Waals surface area contributed by atoms with Crippen molar-refractivity contribution in [2.45, 2.75) is 77.7 Å². The molecule has 1 heteroatoms. The maximum atomic E-state index is 5.50. The Bertz CT molecular complexity index is 230. The van der Waals surface area contributed by atoms with Crippen LogP contribution in [0.2, 0.25) is 0 Å². The van der Waals surface area contributed by atoms with Gasteiger partial charge in [-0.25, -0.2) is 0 Å². The molecule has 0 aliphatic heterocycles. The van der Waals surface area contributed by atoms with E-state index in [9.17, 15) is 0 Å². The molecule has 0 aromatic rings. The Hall–Kier alpha value is -0.0400.